The molecular weight excluding hydrogens is 622 g/mol. The van der Waals surface area contributed by atoms with Gasteiger partial charge in [0.2, 0.25) is 29.5 Å². The van der Waals surface area contributed by atoms with Crippen molar-refractivity contribution in [2.45, 2.75) is 44.4 Å². The number of nitrogens with two attached hydrogens (primary N) is 3. The average Bonchev–Trinajstić information content (AvgIpc) is 3.06. The molecule has 0 saturated carbocycles. The molecule has 1 heterocycles. The maximum Gasteiger partial charge on any atom is 0.248 e. The zero-order valence-corrected chi connectivity index (χ0v) is 27.2. The average molecular weight is 666 g/mol. The van der Waals surface area contributed by atoms with E-state index in [0.29, 0.717) is 33.8 Å². The lowest BCUT2D eigenvalue weighted by Crippen LogP contribution is -2.56. The zero-order valence-electron chi connectivity index (χ0n) is 27.2. The molecule has 4 bridgehead atoms. The SMILES string of the molecule is CC(=O)N[C@@H](CN)C(=O)N(C)[C@@H]1C(=O)N[C@@H](C)C(=O)N[C@H](C(=O)NCC#N)Cc2ccc(OCCN)c(c2)-c2cc1ccc2OCCN. The highest BCUT2D eigenvalue weighted by Gasteiger charge is 2.35. The number of fused-ring (bicyclic) bond motifs is 5. The molecule has 10 N–H and O–H groups in total. The summed E-state index contributed by atoms with van der Waals surface area (Å²) < 4.78 is 12.0. The summed E-state index contributed by atoms with van der Waals surface area (Å²) in [5.41, 5.74) is 19.2. The Balaban J connectivity index is 2.31. The fourth-order valence-corrected chi connectivity index (χ4v) is 5.17. The zero-order chi connectivity index (χ0) is 35.4. The highest BCUT2D eigenvalue weighted by Crippen LogP contribution is 2.40. The van der Waals surface area contributed by atoms with Gasteiger partial charge in [0.05, 0.1) is 6.07 Å². The van der Waals surface area contributed by atoms with Crippen LogP contribution in [0.4, 0.5) is 0 Å². The van der Waals surface area contributed by atoms with Crippen molar-refractivity contribution in [3.8, 4) is 28.7 Å². The van der Waals surface area contributed by atoms with Gasteiger partial charge in [-0.05, 0) is 42.3 Å². The lowest BCUT2D eigenvalue weighted by molar-refractivity contribution is -0.142. The number of likely N-dealkylation sites (N-methyl/N-ethyl adjacent to an activating group) is 1. The van der Waals surface area contributed by atoms with E-state index >= 15 is 0 Å². The Morgan fingerprint density at radius 2 is 1.62 bits per heavy atom. The first kappa shape index (κ1) is 37.2. The lowest BCUT2D eigenvalue weighted by Gasteiger charge is -2.32. The van der Waals surface area contributed by atoms with Crippen LogP contribution in [-0.2, 0) is 30.4 Å². The first-order valence-electron chi connectivity index (χ1n) is 15.4. The van der Waals surface area contributed by atoms with Crippen LogP contribution in [0.5, 0.6) is 11.5 Å². The van der Waals surface area contributed by atoms with E-state index in [2.05, 4.69) is 21.3 Å². The van der Waals surface area contributed by atoms with E-state index in [0.717, 1.165) is 4.90 Å². The van der Waals surface area contributed by atoms with Crippen LogP contribution >= 0.6 is 0 Å². The summed E-state index contributed by atoms with van der Waals surface area (Å²) in [6.07, 6.45) is 0.0238. The molecule has 16 heteroatoms. The van der Waals surface area contributed by atoms with E-state index in [1.807, 2.05) is 6.07 Å². The van der Waals surface area contributed by atoms with Gasteiger partial charge < -0.3 is 52.8 Å². The van der Waals surface area contributed by atoms with Gasteiger partial charge in [0.25, 0.3) is 0 Å². The molecule has 0 saturated heterocycles. The fourth-order valence-electron chi connectivity index (χ4n) is 5.17. The van der Waals surface area contributed by atoms with E-state index in [1.54, 1.807) is 36.4 Å². The minimum Gasteiger partial charge on any atom is -0.492 e. The standard InChI is InChI=1S/C32H43N9O7/c1-18-29(43)40-24(30(44)37-11-8-33)15-20-4-6-26(47-12-9-34)22(14-20)23-16-21(5-7-27(23)48-13-10-35)28(31(45)38-18)41(3)32(46)25(17-36)39-19(2)42/h4-7,14,16,18,24-25,28H,9-13,15,17,34-36H2,1-3H3,(H,37,44)(H,38,45)(H,39,42)(H,40,43)/t18-,24-,25-,28-/m0/s1. The topological polar surface area (TPSA) is 257 Å². The van der Waals surface area contributed by atoms with Crippen LogP contribution in [0.25, 0.3) is 11.1 Å². The first-order valence-corrected chi connectivity index (χ1v) is 15.4. The molecular formula is C32H43N9O7. The summed E-state index contributed by atoms with van der Waals surface area (Å²) >= 11 is 0. The van der Waals surface area contributed by atoms with Gasteiger partial charge in [0, 0.05) is 51.2 Å². The molecule has 2 aromatic carbocycles. The number of benzene rings is 2. The Hall–Kier alpha value is -5.24. The number of rotatable bonds is 12. The van der Waals surface area contributed by atoms with Crippen LogP contribution in [0.15, 0.2) is 36.4 Å². The van der Waals surface area contributed by atoms with E-state index in [4.69, 9.17) is 31.9 Å². The van der Waals surface area contributed by atoms with Crippen molar-refractivity contribution in [3.05, 3.63) is 47.5 Å². The number of hydrogen-bond donors (Lipinski definition) is 7. The molecule has 2 aromatic rings. The van der Waals surface area contributed by atoms with E-state index in [1.165, 1.54) is 20.9 Å². The van der Waals surface area contributed by atoms with Gasteiger partial charge in [0.15, 0.2) is 0 Å². The predicted octanol–water partition coefficient (Wildman–Crippen LogP) is -1.82. The third-order valence-electron chi connectivity index (χ3n) is 7.47. The van der Waals surface area contributed by atoms with Gasteiger partial charge >= 0.3 is 0 Å². The maximum atomic E-state index is 14.0. The van der Waals surface area contributed by atoms with Gasteiger partial charge in [0.1, 0.15) is 55.4 Å². The van der Waals surface area contributed by atoms with Crippen molar-refractivity contribution in [1.29, 1.82) is 5.26 Å². The molecule has 1 aliphatic heterocycles. The smallest absolute Gasteiger partial charge is 0.248 e. The molecule has 0 aromatic heterocycles. The second-order valence-electron chi connectivity index (χ2n) is 11.1. The highest BCUT2D eigenvalue weighted by atomic mass is 16.5. The van der Waals surface area contributed by atoms with Crippen LogP contribution in [0.2, 0.25) is 0 Å². The van der Waals surface area contributed by atoms with E-state index in [-0.39, 0.29) is 45.8 Å². The Bertz CT molecular complexity index is 1540. The monoisotopic (exact) mass is 665 g/mol. The second kappa shape index (κ2) is 17.6. The second-order valence-corrected chi connectivity index (χ2v) is 11.1. The number of carbonyl (C=O) groups is 5. The Morgan fingerprint density at radius 1 is 1.00 bits per heavy atom. The molecule has 16 nitrogen and oxygen atoms in total. The lowest BCUT2D eigenvalue weighted by atomic mass is 9.93. The Kier molecular flexibility index (Phi) is 13.7. The highest BCUT2D eigenvalue weighted by molar-refractivity contribution is 5.96. The van der Waals surface area contributed by atoms with Crippen molar-refractivity contribution in [2.24, 2.45) is 17.2 Å². The summed E-state index contributed by atoms with van der Waals surface area (Å²) in [5, 5.41) is 19.3. The predicted molar refractivity (Wildman–Crippen MR) is 175 cm³/mol. The molecule has 0 unspecified atom stereocenters. The minimum absolute atomic E-state index is 0.0238. The minimum atomic E-state index is -1.33. The van der Waals surface area contributed by atoms with Gasteiger partial charge in [-0.1, -0.05) is 12.1 Å². The first-order chi connectivity index (χ1) is 22.9. The molecule has 0 fully saturated rings. The van der Waals surface area contributed by atoms with Gasteiger partial charge in [-0.15, -0.1) is 0 Å². The number of ether oxygens (including phenoxy) is 2. The Labute approximate surface area is 278 Å². The quantitative estimate of drug-likeness (QED) is 0.124. The number of amides is 5. The fraction of sp³-hybridized carbons (Fsp3) is 0.438. The summed E-state index contributed by atoms with van der Waals surface area (Å²) in [5.74, 6) is -2.37. The van der Waals surface area contributed by atoms with Crippen molar-refractivity contribution in [2.75, 3.05) is 46.4 Å². The number of nitrogens with zero attached hydrogens (tertiary/aromatic N) is 2. The number of carbonyl (C=O) groups excluding carboxylic acids is 5. The maximum absolute atomic E-state index is 14.0. The Morgan fingerprint density at radius 3 is 2.21 bits per heavy atom. The summed E-state index contributed by atoms with van der Waals surface area (Å²) in [7, 11) is 1.38. The number of nitrogens with one attached hydrogen (secondary N) is 4. The van der Waals surface area contributed by atoms with Crippen LogP contribution < -0.4 is 47.9 Å². The number of nitriles is 1. The summed E-state index contributed by atoms with van der Waals surface area (Å²) in [6, 6.07) is 7.18. The van der Waals surface area contributed by atoms with Crippen molar-refractivity contribution in [1.82, 2.24) is 26.2 Å². The van der Waals surface area contributed by atoms with Crippen LogP contribution in [0, 0.1) is 11.3 Å². The van der Waals surface area contributed by atoms with Crippen molar-refractivity contribution < 1.29 is 33.4 Å². The van der Waals surface area contributed by atoms with Gasteiger partial charge in [-0.2, -0.15) is 5.26 Å². The molecule has 0 spiro atoms. The van der Waals surface area contributed by atoms with Crippen molar-refractivity contribution >= 4 is 29.5 Å². The largest absolute Gasteiger partial charge is 0.492 e. The normalized spacial score (nSPS) is 18.1. The molecule has 0 radical (unpaired) electrons. The molecule has 3 rings (SSSR count). The van der Waals surface area contributed by atoms with E-state index in [9.17, 15) is 24.0 Å². The third kappa shape index (κ3) is 9.41. The molecule has 0 aliphatic carbocycles. The van der Waals surface area contributed by atoms with Crippen LogP contribution in [0.1, 0.15) is 31.0 Å². The molecule has 5 amide bonds. The van der Waals surface area contributed by atoms with Crippen LogP contribution in [-0.4, -0.2) is 99.0 Å². The van der Waals surface area contributed by atoms with E-state index < -0.39 is 53.7 Å². The summed E-state index contributed by atoms with van der Waals surface area (Å²) in [6.45, 7) is 2.90. The third-order valence-corrected chi connectivity index (χ3v) is 7.47. The molecule has 4 atom stereocenters. The molecule has 1 aliphatic rings. The molecule has 48 heavy (non-hydrogen) atoms. The van der Waals surface area contributed by atoms with Crippen molar-refractivity contribution in [3.63, 3.8) is 0 Å². The van der Waals surface area contributed by atoms with Crippen LogP contribution in [0.3, 0.4) is 0 Å². The van der Waals surface area contributed by atoms with Gasteiger partial charge in [-0.3, -0.25) is 24.0 Å². The van der Waals surface area contributed by atoms with Gasteiger partial charge in [-0.25, -0.2) is 0 Å². The molecule has 258 valence electrons. The number of hydrogen-bond acceptors (Lipinski definition) is 11. The summed E-state index contributed by atoms with van der Waals surface area (Å²) in [4.78, 5) is 67.1.